The Bertz CT molecular complexity index is 677. The average Bonchev–Trinajstić information content (AvgIpc) is 2.95. The van der Waals surface area contributed by atoms with Gasteiger partial charge in [0, 0.05) is 19.3 Å². The van der Waals surface area contributed by atoms with Gasteiger partial charge in [0.15, 0.2) is 18.1 Å². The lowest BCUT2D eigenvalue weighted by molar-refractivity contribution is -0.973. The molecule has 0 aromatic rings. The van der Waals surface area contributed by atoms with E-state index in [0.717, 1.165) is 19.3 Å². The van der Waals surface area contributed by atoms with Gasteiger partial charge in [-0.05, 0) is 57.8 Å². The quantitative estimate of drug-likeness (QED) is 0.0433. The molecule has 0 aliphatic rings. The number of nitrogens with zero attached hydrogens (tertiary/aromatic N) is 1. The first kappa shape index (κ1) is 40.1. The van der Waals surface area contributed by atoms with Crippen LogP contribution in [0.1, 0.15) is 169 Å². The van der Waals surface area contributed by atoms with Gasteiger partial charge in [0.1, 0.15) is 0 Å². The van der Waals surface area contributed by atoms with Crippen LogP contribution in [0.2, 0.25) is 0 Å². The van der Waals surface area contributed by atoms with Crippen molar-refractivity contribution in [1.29, 1.82) is 0 Å². The number of unbranched alkanes of at least 4 members (excludes halogenated alkanes) is 14. The molecule has 3 N–H and O–H groups in total. The molecule has 42 heavy (non-hydrogen) atoms. The molecule has 7 heteroatoms. The number of carbonyl (C=O) groups is 3. The van der Waals surface area contributed by atoms with Crippen molar-refractivity contribution in [3.63, 3.8) is 0 Å². The Labute approximate surface area is 257 Å². The van der Waals surface area contributed by atoms with Gasteiger partial charge in [-0.1, -0.05) is 104 Å². The molecule has 0 heterocycles. The highest BCUT2D eigenvalue weighted by Gasteiger charge is 2.56. The van der Waals surface area contributed by atoms with E-state index in [-0.39, 0.29) is 30.3 Å². The van der Waals surface area contributed by atoms with Crippen molar-refractivity contribution >= 4 is 17.9 Å². The molecule has 0 aromatic carbocycles. The van der Waals surface area contributed by atoms with Crippen LogP contribution in [0.4, 0.5) is 0 Å². The van der Waals surface area contributed by atoms with Crippen LogP contribution in [-0.4, -0.2) is 62.4 Å². The van der Waals surface area contributed by atoms with E-state index in [9.17, 15) is 29.7 Å². The topological polar surface area (TPSA) is 112 Å². The molecule has 0 aliphatic heterocycles. The molecule has 0 aromatic heterocycles. The second-order valence-electron chi connectivity index (χ2n) is 12.3. The minimum Gasteiger partial charge on any atom is -0.477 e. The standard InChI is InChI=1S/C35H65NO6/c1-5-9-10-11-12-13-14-15-16-17-18-19-20-21-22-23-24-25-29-36(30(26-6-2)33(37)38,31(27-7-3)34(39)40)32(28-8-4)35(41)42/h14-15,30-32H,5-13,16-29H2,1-4H3,(H2-,37,38,39,40,41,42)/p+1/b15-14+. The minimum atomic E-state index is -1.08. The number of carboxylic acid groups (broad SMARTS) is 3. The number of aliphatic carboxylic acids is 3. The zero-order chi connectivity index (χ0) is 31.6. The van der Waals surface area contributed by atoms with E-state index >= 15 is 0 Å². The number of hydrogen-bond donors (Lipinski definition) is 3. The normalized spacial score (nSPS) is 15.3. The Kier molecular flexibility index (Phi) is 24.4. The molecule has 246 valence electrons. The van der Waals surface area contributed by atoms with Gasteiger partial charge >= 0.3 is 17.9 Å². The average molecular weight is 597 g/mol. The van der Waals surface area contributed by atoms with Crippen LogP contribution < -0.4 is 0 Å². The highest BCUT2D eigenvalue weighted by atomic mass is 16.4. The Morgan fingerprint density at radius 3 is 1.10 bits per heavy atom. The highest BCUT2D eigenvalue weighted by Crippen LogP contribution is 2.34. The van der Waals surface area contributed by atoms with Crippen LogP contribution in [0.15, 0.2) is 12.2 Å². The Morgan fingerprint density at radius 2 is 0.786 bits per heavy atom. The van der Waals surface area contributed by atoms with Gasteiger partial charge in [-0.2, -0.15) is 0 Å². The summed E-state index contributed by atoms with van der Waals surface area (Å²) in [6, 6.07) is -3.14. The van der Waals surface area contributed by atoms with Crippen LogP contribution in [0, 0.1) is 0 Å². The molecule has 0 fully saturated rings. The minimum absolute atomic E-state index is 0.269. The summed E-state index contributed by atoms with van der Waals surface area (Å²) >= 11 is 0. The van der Waals surface area contributed by atoms with E-state index in [1.807, 2.05) is 20.8 Å². The summed E-state index contributed by atoms with van der Waals surface area (Å²) in [7, 11) is 0. The lowest BCUT2D eigenvalue weighted by atomic mass is 9.91. The van der Waals surface area contributed by atoms with Crippen molar-refractivity contribution in [2.75, 3.05) is 6.54 Å². The van der Waals surface area contributed by atoms with Crippen LogP contribution in [0.25, 0.3) is 0 Å². The van der Waals surface area contributed by atoms with Crippen LogP contribution in [-0.2, 0) is 14.4 Å². The number of allylic oxidation sites excluding steroid dienone is 2. The largest absolute Gasteiger partial charge is 0.477 e. The predicted octanol–water partition coefficient (Wildman–Crippen LogP) is 9.38. The third-order valence-corrected chi connectivity index (χ3v) is 8.84. The zero-order valence-corrected chi connectivity index (χ0v) is 27.7. The summed E-state index contributed by atoms with van der Waals surface area (Å²) in [5, 5.41) is 30.9. The van der Waals surface area contributed by atoms with Gasteiger partial charge < -0.3 is 15.3 Å². The summed E-state index contributed by atoms with van der Waals surface area (Å²) in [6.45, 7) is 8.16. The number of rotatable bonds is 30. The smallest absolute Gasteiger partial charge is 0.362 e. The van der Waals surface area contributed by atoms with Gasteiger partial charge in [-0.15, -0.1) is 0 Å². The van der Waals surface area contributed by atoms with E-state index in [4.69, 9.17) is 0 Å². The summed E-state index contributed by atoms with van der Waals surface area (Å²) in [4.78, 5) is 37.8. The van der Waals surface area contributed by atoms with Crippen molar-refractivity contribution < 1.29 is 34.2 Å². The van der Waals surface area contributed by atoms with Crippen molar-refractivity contribution in [3.05, 3.63) is 12.2 Å². The van der Waals surface area contributed by atoms with Crippen LogP contribution >= 0.6 is 0 Å². The molecule has 3 atom stereocenters. The fourth-order valence-electron chi connectivity index (χ4n) is 6.63. The second kappa shape index (κ2) is 25.6. The lowest BCUT2D eigenvalue weighted by Gasteiger charge is -2.50. The Hall–Kier alpha value is -1.89. The molecule has 3 unspecified atom stereocenters. The molecule has 7 nitrogen and oxygen atoms in total. The number of hydrogen-bond acceptors (Lipinski definition) is 3. The van der Waals surface area contributed by atoms with E-state index in [1.54, 1.807) is 0 Å². The van der Waals surface area contributed by atoms with Crippen molar-refractivity contribution in [2.24, 2.45) is 0 Å². The van der Waals surface area contributed by atoms with Crippen LogP contribution in [0.5, 0.6) is 0 Å². The van der Waals surface area contributed by atoms with Gasteiger partial charge in [0.25, 0.3) is 0 Å². The summed E-state index contributed by atoms with van der Waals surface area (Å²) in [6.07, 6.45) is 26.0. The maximum absolute atomic E-state index is 12.6. The van der Waals surface area contributed by atoms with E-state index in [1.165, 1.54) is 77.0 Å². The lowest BCUT2D eigenvalue weighted by Crippen LogP contribution is -2.72. The van der Waals surface area contributed by atoms with Crippen molar-refractivity contribution in [1.82, 2.24) is 0 Å². The molecule has 0 aliphatic carbocycles. The molecule has 0 bridgehead atoms. The second-order valence-corrected chi connectivity index (χ2v) is 12.3. The first-order valence-electron chi connectivity index (χ1n) is 17.4. The molecule has 0 saturated carbocycles. The molecular formula is C35H66NO6+. The molecule has 0 spiro atoms. The third-order valence-electron chi connectivity index (χ3n) is 8.84. The summed E-state index contributed by atoms with van der Waals surface area (Å²) in [5.74, 6) is -3.25. The van der Waals surface area contributed by atoms with Crippen molar-refractivity contribution in [2.45, 2.75) is 187 Å². The van der Waals surface area contributed by atoms with Gasteiger partial charge in [-0.25, -0.2) is 14.4 Å². The highest BCUT2D eigenvalue weighted by molar-refractivity contribution is 5.78. The van der Waals surface area contributed by atoms with Gasteiger partial charge in [0.05, 0.1) is 6.54 Å². The maximum Gasteiger partial charge on any atom is 0.362 e. The first-order chi connectivity index (χ1) is 20.2. The van der Waals surface area contributed by atoms with E-state index in [2.05, 4.69) is 19.1 Å². The van der Waals surface area contributed by atoms with Gasteiger partial charge in [-0.3, -0.25) is 4.48 Å². The predicted molar refractivity (Wildman–Crippen MR) is 173 cm³/mol. The fourth-order valence-corrected chi connectivity index (χ4v) is 6.63. The Balaban J connectivity index is 4.92. The summed E-state index contributed by atoms with van der Waals surface area (Å²) < 4.78 is -0.372. The summed E-state index contributed by atoms with van der Waals surface area (Å²) in [5.41, 5.74) is 0. The zero-order valence-electron chi connectivity index (χ0n) is 27.7. The molecule has 0 radical (unpaired) electrons. The number of quaternary nitrogens is 1. The first-order valence-corrected chi connectivity index (χ1v) is 17.4. The number of carboxylic acids is 3. The SMILES string of the molecule is CCCCCCC/C=C/CCCCCCCCCCC[N+](C(CCC)C(=O)O)(C(CCC)C(=O)O)C(CCC)C(=O)O. The molecule has 0 amide bonds. The third kappa shape index (κ3) is 15.5. The van der Waals surface area contributed by atoms with E-state index in [0.29, 0.717) is 25.7 Å². The Morgan fingerprint density at radius 1 is 0.476 bits per heavy atom. The molecule has 0 rings (SSSR count). The van der Waals surface area contributed by atoms with Crippen molar-refractivity contribution in [3.8, 4) is 0 Å². The van der Waals surface area contributed by atoms with Crippen LogP contribution in [0.3, 0.4) is 0 Å². The molecular weight excluding hydrogens is 530 g/mol. The fraction of sp³-hybridized carbons (Fsp3) is 0.857. The maximum atomic E-state index is 12.6. The van der Waals surface area contributed by atoms with E-state index < -0.39 is 36.0 Å². The monoisotopic (exact) mass is 596 g/mol. The molecule has 0 saturated heterocycles. The van der Waals surface area contributed by atoms with Gasteiger partial charge in [0.2, 0.25) is 0 Å².